The molecule has 5 atom stereocenters. The molecule has 2 saturated heterocycles. The number of sulfonamides is 1. The van der Waals surface area contributed by atoms with Crippen LogP contribution < -0.4 is 25.7 Å². The van der Waals surface area contributed by atoms with E-state index in [0.29, 0.717) is 70.5 Å². The normalized spacial score (nSPS) is 25.3. The first-order valence-electron chi connectivity index (χ1n) is 21.1. The van der Waals surface area contributed by atoms with Crippen LogP contribution in [0, 0.1) is 11.8 Å². The van der Waals surface area contributed by atoms with Gasteiger partial charge in [-0.2, -0.15) is 0 Å². The molecule has 5 amide bonds. The highest BCUT2D eigenvalue weighted by molar-refractivity contribution is 7.91. The van der Waals surface area contributed by atoms with Gasteiger partial charge in [-0.25, -0.2) is 13.2 Å². The van der Waals surface area contributed by atoms with Crippen molar-refractivity contribution in [1.82, 2.24) is 30.1 Å². The molecule has 5 aliphatic rings. The van der Waals surface area contributed by atoms with Crippen molar-refractivity contribution in [2.75, 3.05) is 33.4 Å². The monoisotopic (exact) mass is 822 g/mol. The van der Waals surface area contributed by atoms with Crippen LogP contribution in [0.1, 0.15) is 95.5 Å². The van der Waals surface area contributed by atoms with E-state index in [1.165, 1.54) is 4.90 Å². The van der Waals surface area contributed by atoms with Gasteiger partial charge in [0.15, 0.2) is 0 Å². The average molecular weight is 823 g/mol. The van der Waals surface area contributed by atoms with Gasteiger partial charge in [0, 0.05) is 43.8 Å². The number of nitrogens with one attached hydrogen (secondary N) is 4. The van der Waals surface area contributed by atoms with Crippen molar-refractivity contribution >= 4 is 44.7 Å². The number of nitrogens with zero attached hydrogens (tertiary/aromatic N) is 2. The minimum absolute atomic E-state index is 0.0730. The van der Waals surface area contributed by atoms with E-state index in [1.807, 2.05) is 24.3 Å². The molecular formula is C42H58N6O9S. The maximum absolute atomic E-state index is 14.4. The zero-order chi connectivity index (χ0) is 41.0. The lowest BCUT2D eigenvalue weighted by atomic mass is 9.83. The summed E-state index contributed by atoms with van der Waals surface area (Å²) in [5, 5.41) is 6.27. The number of benzene rings is 1. The van der Waals surface area contributed by atoms with E-state index in [-0.39, 0.29) is 35.9 Å². The highest BCUT2D eigenvalue weighted by Crippen LogP contribution is 2.45. The quantitative estimate of drug-likeness (QED) is 0.136. The fourth-order valence-electron chi connectivity index (χ4n) is 9.00. The number of rotatable bonds is 17. The first-order valence-corrected chi connectivity index (χ1v) is 22.6. The third-order valence-corrected chi connectivity index (χ3v) is 14.6. The number of methoxy groups -OCH3 is 1. The van der Waals surface area contributed by atoms with E-state index < -0.39 is 50.6 Å². The molecule has 3 saturated carbocycles. The molecule has 1 unspecified atom stereocenters. The number of H-pyrrole nitrogens is 1. The summed E-state index contributed by atoms with van der Waals surface area (Å²) in [5.74, 6) is -1.40. The Balaban J connectivity index is 0.897. The second kappa shape index (κ2) is 17.8. The van der Waals surface area contributed by atoms with Gasteiger partial charge in [-0.3, -0.25) is 23.9 Å². The summed E-state index contributed by atoms with van der Waals surface area (Å²) in [7, 11) is -2.23. The predicted octanol–water partition coefficient (Wildman–Crippen LogP) is 3.66. The van der Waals surface area contributed by atoms with Gasteiger partial charge in [0.05, 0.1) is 24.0 Å². The summed E-state index contributed by atoms with van der Waals surface area (Å²) in [6.45, 7) is 5.56. The van der Waals surface area contributed by atoms with Crippen molar-refractivity contribution in [3.8, 4) is 5.75 Å². The molecule has 0 bridgehead atoms. The second-order valence-electron chi connectivity index (χ2n) is 16.8. The number of pyridine rings is 1. The third kappa shape index (κ3) is 9.38. The Morgan fingerprint density at radius 1 is 1.00 bits per heavy atom. The number of unbranched alkanes of at least 4 members (excludes halogenated alkanes) is 2. The van der Waals surface area contributed by atoms with Gasteiger partial charge in [-0.05, 0) is 100 Å². The van der Waals surface area contributed by atoms with Crippen molar-refractivity contribution in [2.24, 2.45) is 11.8 Å². The number of amides is 5. The molecule has 1 aromatic heterocycles. The number of aryl methyl sites for hydroxylation is 1. The van der Waals surface area contributed by atoms with Crippen LogP contribution in [0.3, 0.4) is 0 Å². The molecule has 2 aliphatic heterocycles. The SMILES string of the molecule is C=CC1C[C@]1(NC(=O)[C@@H]1CCCN1C(=O)[C@@H](NC(=O)N1CC[C@H](OCCCCCc2cc3ccc(OC)cc3[nH]c2=O)C1)C1CCCCC1)C(=O)NS(=O)(=O)C1CC1. The Bertz CT molecular complexity index is 2050. The summed E-state index contributed by atoms with van der Waals surface area (Å²) >= 11 is 0. The van der Waals surface area contributed by atoms with Crippen LogP contribution >= 0.6 is 0 Å². The van der Waals surface area contributed by atoms with Crippen molar-refractivity contribution in [3.63, 3.8) is 0 Å². The van der Waals surface area contributed by atoms with E-state index in [2.05, 4.69) is 26.9 Å². The summed E-state index contributed by atoms with van der Waals surface area (Å²) in [6.07, 6.45) is 12.1. The lowest BCUT2D eigenvalue weighted by Gasteiger charge is -2.35. The molecule has 7 rings (SSSR count). The molecule has 316 valence electrons. The zero-order valence-corrected chi connectivity index (χ0v) is 34.3. The van der Waals surface area contributed by atoms with Gasteiger partial charge < -0.3 is 34.9 Å². The van der Waals surface area contributed by atoms with Crippen LogP contribution in [0.5, 0.6) is 5.75 Å². The molecule has 5 fully saturated rings. The number of aromatic nitrogens is 1. The highest BCUT2D eigenvalue weighted by atomic mass is 32.2. The Morgan fingerprint density at radius 2 is 1.79 bits per heavy atom. The topological polar surface area (TPSA) is 196 Å². The van der Waals surface area contributed by atoms with Crippen molar-refractivity contribution in [3.05, 3.63) is 52.8 Å². The largest absolute Gasteiger partial charge is 0.497 e. The number of hydrogen-bond acceptors (Lipinski definition) is 9. The molecule has 58 heavy (non-hydrogen) atoms. The van der Waals surface area contributed by atoms with Crippen LogP contribution in [-0.4, -0.2) is 109 Å². The van der Waals surface area contributed by atoms with E-state index in [1.54, 1.807) is 18.1 Å². The number of carbonyl (C=O) groups is 4. The fraction of sp³-hybridized carbons (Fsp3) is 0.643. The van der Waals surface area contributed by atoms with Crippen LogP contribution in [0.15, 0.2) is 41.7 Å². The summed E-state index contributed by atoms with van der Waals surface area (Å²) in [6, 6.07) is 5.58. The highest BCUT2D eigenvalue weighted by Gasteiger charge is 2.61. The minimum atomic E-state index is -3.83. The molecule has 4 N–H and O–H groups in total. The Kier molecular flexibility index (Phi) is 12.8. The lowest BCUT2D eigenvalue weighted by molar-refractivity contribution is -0.142. The number of carbonyl (C=O) groups excluding carboxylic acids is 4. The fourth-order valence-corrected chi connectivity index (χ4v) is 10.4. The van der Waals surface area contributed by atoms with Crippen LogP contribution in [0.25, 0.3) is 10.9 Å². The van der Waals surface area contributed by atoms with Crippen molar-refractivity contribution in [1.29, 1.82) is 0 Å². The molecule has 0 spiro atoms. The number of likely N-dealkylation sites (tertiary alicyclic amines) is 2. The van der Waals surface area contributed by atoms with Crippen LogP contribution in [0.2, 0.25) is 0 Å². The van der Waals surface area contributed by atoms with E-state index in [0.717, 1.165) is 67.8 Å². The average Bonchev–Trinajstić information content (AvgIpc) is 4.09. The van der Waals surface area contributed by atoms with Crippen molar-refractivity contribution in [2.45, 2.75) is 125 Å². The minimum Gasteiger partial charge on any atom is -0.497 e. The molecule has 16 heteroatoms. The van der Waals surface area contributed by atoms with Gasteiger partial charge in [0.1, 0.15) is 23.4 Å². The van der Waals surface area contributed by atoms with Crippen LogP contribution in [0.4, 0.5) is 4.79 Å². The maximum Gasteiger partial charge on any atom is 0.318 e. The first kappa shape index (κ1) is 41.7. The molecule has 2 aromatic rings. The number of urea groups is 1. The lowest BCUT2D eigenvalue weighted by Crippen LogP contribution is -2.60. The number of aromatic amines is 1. The Morgan fingerprint density at radius 3 is 2.52 bits per heavy atom. The van der Waals surface area contributed by atoms with Gasteiger partial charge in [0.25, 0.3) is 11.5 Å². The number of hydrogen-bond donors (Lipinski definition) is 4. The van der Waals surface area contributed by atoms with E-state index in [4.69, 9.17) is 9.47 Å². The van der Waals surface area contributed by atoms with Gasteiger partial charge >= 0.3 is 6.03 Å². The molecule has 1 aromatic carbocycles. The number of ether oxygens (including phenoxy) is 2. The maximum atomic E-state index is 14.4. The summed E-state index contributed by atoms with van der Waals surface area (Å²) in [5.41, 5.74) is -0.0239. The van der Waals surface area contributed by atoms with Crippen LogP contribution in [-0.2, 0) is 35.6 Å². The van der Waals surface area contributed by atoms with Gasteiger partial charge in [-0.1, -0.05) is 31.8 Å². The molecule has 15 nitrogen and oxygen atoms in total. The second-order valence-corrected chi connectivity index (χ2v) is 18.8. The van der Waals surface area contributed by atoms with Gasteiger partial charge in [-0.15, -0.1) is 6.58 Å². The van der Waals surface area contributed by atoms with Crippen molar-refractivity contribution < 1.29 is 37.1 Å². The Hall–Kier alpha value is -4.44. The van der Waals surface area contributed by atoms with E-state index >= 15 is 0 Å². The molecule has 3 heterocycles. The summed E-state index contributed by atoms with van der Waals surface area (Å²) in [4.78, 5) is 74.1. The molecular weight excluding hydrogens is 765 g/mol. The summed E-state index contributed by atoms with van der Waals surface area (Å²) < 4.78 is 38.7. The number of fused-ring (bicyclic) bond motifs is 1. The zero-order valence-electron chi connectivity index (χ0n) is 33.5. The third-order valence-electron chi connectivity index (χ3n) is 12.8. The Labute approximate surface area is 340 Å². The molecule has 3 aliphatic carbocycles. The van der Waals surface area contributed by atoms with E-state index in [9.17, 15) is 32.4 Å². The first-order chi connectivity index (χ1) is 27.9. The smallest absolute Gasteiger partial charge is 0.318 e. The predicted molar refractivity (Wildman–Crippen MR) is 217 cm³/mol. The molecule has 0 radical (unpaired) electrons. The van der Waals surface area contributed by atoms with Gasteiger partial charge in [0.2, 0.25) is 21.8 Å². The standard InChI is InChI=1S/C42H58N6O9S/c1-3-30-25-42(30,40(52)46-58(54,55)33-17-18-33)45-38(50)35-14-10-20-48(35)39(51)36(27-11-6-4-7-12-27)44-41(53)47-21-19-32(26-47)57-22-9-5-8-13-29-23-28-15-16-31(56-2)24-34(28)43-37(29)49/h3,15-16,23-24,27,30,32-33,35-36H,1,4-14,17-22,25-26H2,2H3,(H,43,49)(H,44,53)(H,45,50)(H,46,52)/t30?,32-,35-,36-,42+/m0/s1.